The Bertz CT molecular complexity index is 969. The second-order valence-corrected chi connectivity index (χ2v) is 7.07. The number of nitrogens with two attached hydrogens (primary N) is 1. The van der Waals surface area contributed by atoms with Crippen LogP contribution >= 0.6 is 11.8 Å². The first kappa shape index (κ1) is 18.8. The summed E-state index contributed by atoms with van der Waals surface area (Å²) < 4.78 is 7.48. The van der Waals surface area contributed by atoms with Gasteiger partial charge in [-0.3, -0.25) is 14.7 Å². The quantitative estimate of drug-likeness (QED) is 0.636. The summed E-state index contributed by atoms with van der Waals surface area (Å²) in [6.45, 7) is 4.23. The number of rotatable bonds is 6. The zero-order valence-corrected chi connectivity index (χ0v) is 15.8. The fourth-order valence-electron chi connectivity index (χ4n) is 2.63. The number of thioether (sulfide) groups is 1. The highest BCUT2D eigenvalue weighted by atomic mass is 32.2. The summed E-state index contributed by atoms with van der Waals surface area (Å²) in [6, 6.07) is 14.5. The lowest BCUT2D eigenvalue weighted by atomic mass is 10.2. The Balaban J connectivity index is 1.99. The topological polar surface area (TPSA) is 99.2 Å². The van der Waals surface area contributed by atoms with Gasteiger partial charge < -0.3 is 10.5 Å². The maximum Gasteiger partial charge on any atom is 0.318 e. The van der Waals surface area contributed by atoms with Crippen molar-refractivity contribution in [3.8, 4) is 11.4 Å². The fourth-order valence-corrected chi connectivity index (χ4v) is 3.57. The summed E-state index contributed by atoms with van der Waals surface area (Å²) in [5.74, 6) is 0.326. The molecule has 0 aliphatic heterocycles. The lowest BCUT2D eigenvalue weighted by Gasteiger charge is -2.13. The van der Waals surface area contributed by atoms with E-state index in [9.17, 15) is 9.59 Å². The molecule has 27 heavy (non-hydrogen) atoms. The molecule has 3 aromatic rings. The van der Waals surface area contributed by atoms with Gasteiger partial charge in [0.05, 0.1) is 22.9 Å². The van der Waals surface area contributed by atoms with Crippen LogP contribution in [0.25, 0.3) is 16.7 Å². The molecule has 0 aliphatic carbocycles. The maximum absolute atomic E-state index is 12.1. The molecule has 0 spiro atoms. The Morgan fingerprint density at radius 1 is 1.22 bits per heavy atom. The second-order valence-electron chi connectivity index (χ2n) is 5.76. The molecule has 0 saturated carbocycles. The number of carbonyl (C=O) groups is 2. The number of urea groups is 1. The number of primary amides is 1. The van der Waals surface area contributed by atoms with Crippen LogP contribution < -0.4 is 15.8 Å². The van der Waals surface area contributed by atoms with Crippen LogP contribution in [0, 0.1) is 0 Å². The molecule has 0 aliphatic rings. The number of fused-ring (bicyclic) bond motifs is 1. The van der Waals surface area contributed by atoms with Crippen molar-refractivity contribution in [3.05, 3.63) is 48.5 Å². The largest absolute Gasteiger partial charge is 0.494 e. The summed E-state index contributed by atoms with van der Waals surface area (Å²) in [5, 5.41) is 2.20. The summed E-state index contributed by atoms with van der Waals surface area (Å²) in [6.07, 6.45) is 0. The predicted molar refractivity (Wildman–Crippen MR) is 105 cm³/mol. The maximum atomic E-state index is 12.1. The average Bonchev–Trinajstić information content (AvgIpc) is 3.00. The van der Waals surface area contributed by atoms with Crippen LogP contribution in [-0.4, -0.2) is 33.3 Å². The highest BCUT2D eigenvalue weighted by molar-refractivity contribution is 8.00. The molecule has 3 rings (SSSR count). The van der Waals surface area contributed by atoms with Crippen molar-refractivity contribution in [3.63, 3.8) is 0 Å². The Kier molecular flexibility index (Phi) is 5.66. The Morgan fingerprint density at radius 3 is 2.59 bits per heavy atom. The van der Waals surface area contributed by atoms with Crippen molar-refractivity contribution in [2.75, 3.05) is 6.61 Å². The van der Waals surface area contributed by atoms with Gasteiger partial charge in [-0.2, -0.15) is 0 Å². The highest BCUT2D eigenvalue weighted by Crippen LogP contribution is 2.31. The van der Waals surface area contributed by atoms with E-state index in [1.807, 2.05) is 60.0 Å². The molecule has 8 heteroatoms. The van der Waals surface area contributed by atoms with E-state index in [2.05, 4.69) is 10.3 Å². The summed E-state index contributed by atoms with van der Waals surface area (Å²) >= 11 is 1.26. The number of hydrogen-bond donors (Lipinski definition) is 2. The number of nitrogens with one attached hydrogen (secondary N) is 1. The molecule has 1 unspecified atom stereocenters. The van der Waals surface area contributed by atoms with E-state index in [1.54, 1.807) is 6.92 Å². The number of amides is 3. The molecule has 140 valence electrons. The number of imide groups is 1. The monoisotopic (exact) mass is 384 g/mol. The Labute approximate surface area is 160 Å². The zero-order chi connectivity index (χ0) is 19.4. The molecule has 0 bridgehead atoms. The molecule has 0 fully saturated rings. The predicted octanol–water partition coefficient (Wildman–Crippen LogP) is 3.10. The van der Waals surface area contributed by atoms with E-state index in [-0.39, 0.29) is 0 Å². The van der Waals surface area contributed by atoms with Crippen molar-refractivity contribution in [2.45, 2.75) is 24.3 Å². The number of imidazole rings is 1. The van der Waals surface area contributed by atoms with Gasteiger partial charge in [-0.25, -0.2) is 9.78 Å². The van der Waals surface area contributed by atoms with Crippen LogP contribution in [0.3, 0.4) is 0 Å². The molecule has 7 nitrogen and oxygen atoms in total. The molecule has 1 atom stereocenters. The van der Waals surface area contributed by atoms with Crippen molar-refractivity contribution in [1.82, 2.24) is 14.9 Å². The Morgan fingerprint density at radius 2 is 1.93 bits per heavy atom. The minimum Gasteiger partial charge on any atom is -0.494 e. The molecular formula is C19H20N4O3S. The van der Waals surface area contributed by atoms with Gasteiger partial charge in [-0.05, 0) is 50.2 Å². The molecule has 3 N–H and O–H groups in total. The van der Waals surface area contributed by atoms with Crippen molar-refractivity contribution < 1.29 is 14.3 Å². The third-order valence-corrected chi connectivity index (χ3v) is 4.89. The summed E-state index contributed by atoms with van der Waals surface area (Å²) in [7, 11) is 0. The number of carbonyl (C=O) groups excluding carboxylic acids is 2. The van der Waals surface area contributed by atoms with Gasteiger partial charge in [-0.15, -0.1) is 0 Å². The van der Waals surface area contributed by atoms with Crippen molar-refractivity contribution >= 4 is 34.7 Å². The highest BCUT2D eigenvalue weighted by Gasteiger charge is 2.21. The average molecular weight is 384 g/mol. The third kappa shape index (κ3) is 4.22. The van der Waals surface area contributed by atoms with Crippen LogP contribution in [-0.2, 0) is 4.79 Å². The number of para-hydroxylation sites is 2. The molecule has 1 heterocycles. The van der Waals surface area contributed by atoms with E-state index >= 15 is 0 Å². The van der Waals surface area contributed by atoms with E-state index in [0.717, 1.165) is 22.5 Å². The van der Waals surface area contributed by atoms with Gasteiger partial charge in [0.2, 0.25) is 5.91 Å². The molecule has 0 radical (unpaired) electrons. The van der Waals surface area contributed by atoms with Gasteiger partial charge in [0.1, 0.15) is 5.75 Å². The Hall–Kier alpha value is -3.00. The van der Waals surface area contributed by atoms with Crippen LogP contribution in [0.15, 0.2) is 53.7 Å². The lowest BCUT2D eigenvalue weighted by Crippen LogP contribution is -2.39. The fraction of sp³-hybridized carbons (Fsp3) is 0.211. The zero-order valence-electron chi connectivity index (χ0n) is 15.0. The van der Waals surface area contributed by atoms with Crippen LogP contribution in [0.2, 0.25) is 0 Å². The molecule has 1 aromatic heterocycles. The van der Waals surface area contributed by atoms with Gasteiger partial charge in [0.15, 0.2) is 5.16 Å². The third-order valence-electron chi connectivity index (χ3n) is 3.83. The number of benzene rings is 2. The lowest BCUT2D eigenvalue weighted by molar-refractivity contribution is -0.119. The molecular weight excluding hydrogens is 364 g/mol. The minimum absolute atomic E-state index is 0.460. The summed E-state index contributed by atoms with van der Waals surface area (Å²) in [4.78, 5) is 27.6. The minimum atomic E-state index is -0.868. The van der Waals surface area contributed by atoms with Crippen molar-refractivity contribution in [1.29, 1.82) is 0 Å². The van der Waals surface area contributed by atoms with Crippen LogP contribution in [0.5, 0.6) is 5.75 Å². The van der Waals surface area contributed by atoms with Gasteiger partial charge >= 0.3 is 6.03 Å². The molecule has 3 amide bonds. The van der Waals surface area contributed by atoms with Crippen molar-refractivity contribution in [2.24, 2.45) is 5.73 Å². The number of nitrogens with zero attached hydrogens (tertiary/aromatic N) is 2. The first-order chi connectivity index (χ1) is 13.0. The van der Waals surface area contributed by atoms with E-state index in [0.29, 0.717) is 11.8 Å². The van der Waals surface area contributed by atoms with Crippen LogP contribution in [0.1, 0.15) is 13.8 Å². The normalized spacial score (nSPS) is 11.9. The van der Waals surface area contributed by atoms with E-state index in [1.165, 1.54) is 11.8 Å². The number of hydrogen-bond acceptors (Lipinski definition) is 5. The number of ether oxygens (including phenoxy) is 1. The van der Waals surface area contributed by atoms with Gasteiger partial charge in [-0.1, -0.05) is 23.9 Å². The van der Waals surface area contributed by atoms with Gasteiger partial charge in [0.25, 0.3) is 0 Å². The first-order valence-electron chi connectivity index (χ1n) is 8.47. The molecule has 0 saturated heterocycles. The summed E-state index contributed by atoms with van der Waals surface area (Å²) in [5.41, 5.74) is 7.67. The standard InChI is InChI=1S/C19H20N4O3S/c1-3-26-14-10-8-13(9-11-14)23-16-7-5-4-6-15(16)21-19(23)27-12(2)17(24)22-18(20)25/h4-12H,3H2,1-2H3,(H3,20,22,24,25). The molecule has 2 aromatic carbocycles. The van der Waals surface area contributed by atoms with E-state index in [4.69, 9.17) is 10.5 Å². The smallest absolute Gasteiger partial charge is 0.318 e. The first-order valence-corrected chi connectivity index (χ1v) is 9.35. The van der Waals surface area contributed by atoms with Gasteiger partial charge in [0, 0.05) is 5.69 Å². The number of aromatic nitrogens is 2. The SMILES string of the molecule is CCOc1ccc(-n2c(SC(C)C(=O)NC(N)=O)nc3ccccc32)cc1. The second kappa shape index (κ2) is 8.13. The van der Waals surface area contributed by atoms with Crippen LogP contribution in [0.4, 0.5) is 4.79 Å². The van der Waals surface area contributed by atoms with E-state index < -0.39 is 17.2 Å².